The lowest BCUT2D eigenvalue weighted by Crippen LogP contribution is -2.30. The van der Waals surface area contributed by atoms with Crippen LogP contribution in [0.25, 0.3) is 0 Å². The highest BCUT2D eigenvalue weighted by atomic mass is 14.9. The molecule has 1 atom stereocenters. The quantitative estimate of drug-likeness (QED) is 0.825. The Bertz CT molecular complexity index is 287. The molecule has 2 nitrogen and oxygen atoms in total. The average molecular weight is 220 g/mol. The summed E-state index contributed by atoms with van der Waals surface area (Å²) in [6, 6.07) is 4.70. The van der Waals surface area contributed by atoms with Crippen molar-refractivity contribution < 1.29 is 0 Å². The Morgan fingerprint density at radius 2 is 1.88 bits per heavy atom. The van der Waals surface area contributed by atoms with Gasteiger partial charge in [-0.15, -0.1) is 0 Å². The third kappa shape index (κ3) is 5.86. The van der Waals surface area contributed by atoms with Gasteiger partial charge in [0, 0.05) is 18.4 Å². The Balaban J connectivity index is 2.24. The number of nitrogens with one attached hydrogen (secondary N) is 1. The van der Waals surface area contributed by atoms with E-state index in [-0.39, 0.29) is 0 Å². The average Bonchev–Trinajstić information content (AvgIpc) is 2.17. The molecule has 0 aliphatic carbocycles. The highest BCUT2D eigenvalue weighted by molar-refractivity contribution is 5.10. The Kier molecular flexibility index (Phi) is 4.94. The van der Waals surface area contributed by atoms with Crippen molar-refractivity contribution in [3.05, 3.63) is 30.1 Å². The third-order valence-corrected chi connectivity index (χ3v) is 2.66. The number of pyridine rings is 1. The van der Waals surface area contributed by atoms with E-state index in [9.17, 15) is 0 Å². The molecule has 1 unspecified atom stereocenters. The molecule has 0 amide bonds. The maximum absolute atomic E-state index is 4.03. The van der Waals surface area contributed by atoms with Crippen LogP contribution in [0.1, 0.15) is 39.7 Å². The van der Waals surface area contributed by atoms with E-state index in [0.717, 1.165) is 13.0 Å². The van der Waals surface area contributed by atoms with Crippen LogP contribution < -0.4 is 5.32 Å². The third-order valence-electron chi connectivity index (χ3n) is 2.66. The first-order chi connectivity index (χ1) is 7.47. The molecule has 0 saturated heterocycles. The molecule has 1 heterocycles. The molecule has 2 heteroatoms. The second-order valence-electron chi connectivity index (χ2n) is 5.73. The summed E-state index contributed by atoms with van der Waals surface area (Å²) in [6.45, 7) is 10.2. The van der Waals surface area contributed by atoms with Crippen molar-refractivity contribution in [3.8, 4) is 0 Å². The van der Waals surface area contributed by atoms with Crippen LogP contribution >= 0.6 is 0 Å². The maximum atomic E-state index is 4.03. The molecule has 0 bridgehead atoms. The standard InChI is InChI=1S/C14H24N2/c1-12(16-10-7-14(2,3)4)11-13-5-8-15-9-6-13/h5-6,8-9,12,16H,7,10-11H2,1-4H3. The summed E-state index contributed by atoms with van der Waals surface area (Å²) < 4.78 is 0. The second kappa shape index (κ2) is 6.00. The van der Waals surface area contributed by atoms with Crippen LogP contribution in [-0.4, -0.2) is 17.6 Å². The molecule has 0 spiro atoms. The highest BCUT2D eigenvalue weighted by Crippen LogP contribution is 2.17. The van der Waals surface area contributed by atoms with Gasteiger partial charge in [-0.2, -0.15) is 0 Å². The lowest BCUT2D eigenvalue weighted by molar-refractivity contribution is 0.356. The first-order valence-electron chi connectivity index (χ1n) is 6.10. The van der Waals surface area contributed by atoms with Crippen LogP contribution in [0.4, 0.5) is 0 Å². The van der Waals surface area contributed by atoms with Gasteiger partial charge in [-0.3, -0.25) is 4.98 Å². The zero-order valence-corrected chi connectivity index (χ0v) is 11.0. The topological polar surface area (TPSA) is 24.9 Å². The summed E-state index contributed by atoms with van der Waals surface area (Å²) in [4.78, 5) is 4.03. The fraction of sp³-hybridized carbons (Fsp3) is 0.643. The van der Waals surface area contributed by atoms with Crippen LogP contribution in [-0.2, 0) is 6.42 Å². The Morgan fingerprint density at radius 3 is 2.44 bits per heavy atom. The van der Waals surface area contributed by atoms with Gasteiger partial charge in [-0.05, 0) is 49.4 Å². The van der Waals surface area contributed by atoms with Gasteiger partial charge in [0.25, 0.3) is 0 Å². The molecule has 0 aliphatic heterocycles. The molecule has 1 N–H and O–H groups in total. The van der Waals surface area contributed by atoms with E-state index >= 15 is 0 Å². The van der Waals surface area contributed by atoms with Crippen molar-refractivity contribution in [2.24, 2.45) is 5.41 Å². The molecule has 0 radical (unpaired) electrons. The smallest absolute Gasteiger partial charge is 0.0270 e. The van der Waals surface area contributed by atoms with E-state index in [2.05, 4.69) is 50.1 Å². The van der Waals surface area contributed by atoms with Gasteiger partial charge < -0.3 is 5.32 Å². The first-order valence-corrected chi connectivity index (χ1v) is 6.10. The van der Waals surface area contributed by atoms with Gasteiger partial charge in [0.05, 0.1) is 0 Å². The van der Waals surface area contributed by atoms with Crippen molar-refractivity contribution in [1.29, 1.82) is 0 Å². The van der Waals surface area contributed by atoms with E-state index in [1.807, 2.05) is 12.4 Å². The van der Waals surface area contributed by atoms with Crippen molar-refractivity contribution in [3.63, 3.8) is 0 Å². The predicted octanol–water partition coefficient (Wildman–Crippen LogP) is 3.04. The summed E-state index contributed by atoms with van der Waals surface area (Å²) in [7, 11) is 0. The minimum atomic E-state index is 0.420. The predicted molar refractivity (Wildman–Crippen MR) is 69.5 cm³/mol. The molecule has 1 aromatic heterocycles. The highest BCUT2D eigenvalue weighted by Gasteiger charge is 2.10. The number of hydrogen-bond donors (Lipinski definition) is 1. The zero-order chi connectivity index (χ0) is 12.0. The van der Waals surface area contributed by atoms with E-state index in [1.54, 1.807) is 0 Å². The number of aromatic nitrogens is 1. The van der Waals surface area contributed by atoms with Crippen LogP contribution in [0.15, 0.2) is 24.5 Å². The number of nitrogens with zero attached hydrogens (tertiary/aromatic N) is 1. The summed E-state index contributed by atoms with van der Waals surface area (Å²) in [5.74, 6) is 0. The lowest BCUT2D eigenvalue weighted by atomic mass is 9.92. The maximum Gasteiger partial charge on any atom is 0.0270 e. The van der Waals surface area contributed by atoms with Crippen LogP contribution in [0.5, 0.6) is 0 Å². The van der Waals surface area contributed by atoms with E-state index in [0.29, 0.717) is 11.5 Å². The minimum Gasteiger partial charge on any atom is -0.314 e. The lowest BCUT2D eigenvalue weighted by Gasteiger charge is -2.20. The fourth-order valence-corrected chi connectivity index (χ4v) is 1.64. The Morgan fingerprint density at radius 1 is 1.25 bits per heavy atom. The summed E-state index contributed by atoms with van der Waals surface area (Å²) in [5.41, 5.74) is 1.77. The zero-order valence-electron chi connectivity index (χ0n) is 11.0. The van der Waals surface area contributed by atoms with Crippen molar-refractivity contribution in [2.45, 2.75) is 46.6 Å². The van der Waals surface area contributed by atoms with Crippen LogP contribution in [0, 0.1) is 5.41 Å². The normalized spacial score (nSPS) is 13.8. The van der Waals surface area contributed by atoms with E-state index in [1.165, 1.54) is 12.0 Å². The molecule has 1 aromatic rings. The SMILES string of the molecule is CC(Cc1ccncc1)NCCC(C)(C)C. The summed E-state index contributed by atoms with van der Waals surface area (Å²) in [6.07, 6.45) is 6.01. The van der Waals surface area contributed by atoms with Crippen molar-refractivity contribution in [2.75, 3.05) is 6.54 Å². The van der Waals surface area contributed by atoms with E-state index < -0.39 is 0 Å². The van der Waals surface area contributed by atoms with Crippen molar-refractivity contribution in [1.82, 2.24) is 10.3 Å². The molecule has 90 valence electrons. The minimum absolute atomic E-state index is 0.420. The molecule has 0 saturated carbocycles. The fourth-order valence-electron chi connectivity index (χ4n) is 1.64. The van der Waals surface area contributed by atoms with Crippen LogP contribution in [0.3, 0.4) is 0 Å². The molecule has 0 fully saturated rings. The number of rotatable bonds is 5. The summed E-state index contributed by atoms with van der Waals surface area (Å²) in [5, 5.41) is 3.57. The van der Waals surface area contributed by atoms with Gasteiger partial charge in [-0.25, -0.2) is 0 Å². The largest absolute Gasteiger partial charge is 0.314 e. The molecule has 1 rings (SSSR count). The van der Waals surface area contributed by atoms with Gasteiger partial charge >= 0.3 is 0 Å². The van der Waals surface area contributed by atoms with Gasteiger partial charge in [0.1, 0.15) is 0 Å². The van der Waals surface area contributed by atoms with E-state index in [4.69, 9.17) is 0 Å². The first kappa shape index (κ1) is 13.2. The monoisotopic (exact) mass is 220 g/mol. The molecule has 16 heavy (non-hydrogen) atoms. The molecule has 0 aromatic carbocycles. The molecule has 0 aliphatic rings. The molecular weight excluding hydrogens is 196 g/mol. The number of hydrogen-bond acceptors (Lipinski definition) is 2. The molecular formula is C14H24N2. The van der Waals surface area contributed by atoms with Gasteiger partial charge in [0.15, 0.2) is 0 Å². The van der Waals surface area contributed by atoms with Gasteiger partial charge in [-0.1, -0.05) is 20.8 Å². The van der Waals surface area contributed by atoms with Gasteiger partial charge in [0.2, 0.25) is 0 Å². The summed E-state index contributed by atoms with van der Waals surface area (Å²) >= 11 is 0. The second-order valence-corrected chi connectivity index (χ2v) is 5.73. The Hall–Kier alpha value is -0.890. The van der Waals surface area contributed by atoms with Crippen molar-refractivity contribution >= 4 is 0 Å². The van der Waals surface area contributed by atoms with Crippen LogP contribution in [0.2, 0.25) is 0 Å². The Labute approximate surface area is 99.5 Å².